The van der Waals surface area contributed by atoms with Gasteiger partial charge in [0.25, 0.3) is 0 Å². The maximum atomic E-state index is 6.43. The number of benzene rings is 1. The number of nitrogens with zero attached hydrogens (tertiary/aromatic N) is 1. The van der Waals surface area contributed by atoms with E-state index in [2.05, 4.69) is 72.7 Å². The van der Waals surface area contributed by atoms with Gasteiger partial charge in [0.1, 0.15) is 0 Å². The molecule has 0 spiro atoms. The molecule has 0 saturated heterocycles. The van der Waals surface area contributed by atoms with Gasteiger partial charge in [-0.15, -0.1) is 0 Å². The maximum absolute atomic E-state index is 6.43. The predicted molar refractivity (Wildman–Crippen MR) is 151 cm³/mol. The average Bonchev–Trinajstić information content (AvgIpc) is 3.00. The first-order chi connectivity index (χ1) is 16.5. The third-order valence-corrected chi connectivity index (χ3v) is 7.18. The summed E-state index contributed by atoms with van der Waals surface area (Å²) in [5.74, 6) is 0.516. The molecule has 1 atom stereocenters. The lowest BCUT2D eigenvalue weighted by Crippen LogP contribution is -2.48. The molecular formula is C29H40ClN3S. The number of fused-ring (bicyclic) bond motifs is 3. The Labute approximate surface area is 217 Å². The molecule has 34 heavy (non-hydrogen) atoms. The van der Waals surface area contributed by atoms with Gasteiger partial charge in [-0.2, -0.15) is 0 Å². The standard InChI is InChI=1S/C27H34ClN3S.C2H6/c1-4-5-6-14-29-27(32)31-15-13-24-21-16-22(28)11-12-23(17-21)30-25(24)26(31)20-9-7-19(8-10-20)18(2)3;1-2/h7-12,16,18,26,30H,4-6,13-15,17H2,1-3H3,(H,29,32);1-2H3. The van der Waals surface area contributed by atoms with Crippen molar-refractivity contribution in [3.05, 3.63) is 81.2 Å². The van der Waals surface area contributed by atoms with Crippen LogP contribution in [-0.4, -0.2) is 23.1 Å². The SMILES string of the molecule is CC.CCCCCNC(=S)N1CCC2=C(NC3=CC=C(Cl)C=C2C3)C1c1ccc(C(C)C)cc1. The number of halogens is 1. The Kier molecular flexibility index (Phi) is 9.85. The molecule has 1 aliphatic carbocycles. The van der Waals surface area contributed by atoms with Crippen molar-refractivity contribution in [1.29, 1.82) is 0 Å². The van der Waals surface area contributed by atoms with Gasteiger partial charge in [0.05, 0.1) is 6.04 Å². The van der Waals surface area contributed by atoms with Crippen LogP contribution in [-0.2, 0) is 0 Å². The van der Waals surface area contributed by atoms with Crippen LogP contribution in [0.15, 0.2) is 70.1 Å². The number of nitrogens with one attached hydrogen (secondary N) is 2. The fourth-order valence-electron chi connectivity index (χ4n) is 4.76. The Balaban J connectivity index is 0.00000158. The summed E-state index contributed by atoms with van der Waals surface area (Å²) >= 11 is 12.3. The molecule has 184 valence electrons. The molecule has 3 aliphatic rings. The van der Waals surface area contributed by atoms with Crippen molar-refractivity contribution >= 4 is 28.9 Å². The van der Waals surface area contributed by atoms with Gasteiger partial charge >= 0.3 is 0 Å². The van der Waals surface area contributed by atoms with E-state index in [-0.39, 0.29) is 6.04 Å². The molecule has 2 N–H and O–H groups in total. The van der Waals surface area contributed by atoms with Gasteiger partial charge in [0.15, 0.2) is 5.11 Å². The minimum Gasteiger partial charge on any atom is -0.363 e. The lowest BCUT2D eigenvalue weighted by atomic mass is 9.84. The van der Waals surface area contributed by atoms with Crippen LogP contribution in [0.5, 0.6) is 0 Å². The van der Waals surface area contributed by atoms with Crippen molar-refractivity contribution in [2.45, 2.75) is 78.7 Å². The van der Waals surface area contributed by atoms with E-state index in [4.69, 9.17) is 23.8 Å². The zero-order valence-corrected chi connectivity index (χ0v) is 23.0. The van der Waals surface area contributed by atoms with Gasteiger partial charge in [0.2, 0.25) is 0 Å². The quantitative estimate of drug-likeness (QED) is 0.309. The van der Waals surface area contributed by atoms with Crippen LogP contribution in [0.1, 0.15) is 89.8 Å². The second-order valence-corrected chi connectivity index (χ2v) is 10.0. The molecule has 1 aromatic carbocycles. The fraction of sp³-hybridized carbons (Fsp3) is 0.483. The van der Waals surface area contributed by atoms with Crippen molar-refractivity contribution in [3.8, 4) is 0 Å². The van der Waals surface area contributed by atoms with E-state index < -0.39 is 0 Å². The Hall–Kier alpha value is -2.04. The molecule has 0 amide bonds. The normalized spacial score (nSPS) is 19.1. The molecule has 0 saturated carbocycles. The highest BCUT2D eigenvalue weighted by atomic mass is 35.5. The summed E-state index contributed by atoms with van der Waals surface area (Å²) in [6, 6.07) is 9.14. The van der Waals surface area contributed by atoms with E-state index in [1.165, 1.54) is 46.5 Å². The number of unbranched alkanes of at least 4 members (excludes halogenated alkanes) is 2. The van der Waals surface area contributed by atoms with Crippen molar-refractivity contribution in [2.75, 3.05) is 13.1 Å². The highest BCUT2D eigenvalue weighted by molar-refractivity contribution is 7.80. The summed E-state index contributed by atoms with van der Waals surface area (Å²) < 4.78 is 0. The second kappa shape index (κ2) is 12.6. The lowest BCUT2D eigenvalue weighted by molar-refractivity contribution is 0.315. The minimum absolute atomic E-state index is 0.0649. The number of hydrogen-bond acceptors (Lipinski definition) is 2. The van der Waals surface area contributed by atoms with Gasteiger partial charge in [-0.05, 0) is 71.5 Å². The topological polar surface area (TPSA) is 27.3 Å². The summed E-state index contributed by atoms with van der Waals surface area (Å²) in [7, 11) is 0. The largest absolute Gasteiger partial charge is 0.363 e. The van der Waals surface area contributed by atoms with E-state index >= 15 is 0 Å². The monoisotopic (exact) mass is 497 g/mol. The van der Waals surface area contributed by atoms with Crippen molar-refractivity contribution in [3.63, 3.8) is 0 Å². The molecule has 0 radical (unpaired) electrons. The zero-order chi connectivity index (χ0) is 24.7. The lowest BCUT2D eigenvalue weighted by Gasteiger charge is -2.43. The molecule has 2 aliphatic heterocycles. The third-order valence-electron chi connectivity index (χ3n) is 6.57. The predicted octanol–water partition coefficient (Wildman–Crippen LogP) is 7.84. The summed E-state index contributed by atoms with van der Waals surface area (Å²) in [5, 5.41) is 8.93. The minimum atomic E-state index is 0.0649. The Morgan fingerprint density at radius 3 is 2.59 bits per heavy atom. The van der Waals surface area contributed by atoms with Crippen molar-refractivity contribution < 1.29 is 0 Å². The molecule has 1 aromatic rings. The van der Waals surface area contributed by atoms with Crippen LogP contribution >= 0.6 is 23.8 Å². The van der Waals surface area contributed by atoms with Gasteiger partial charge in [0, 0.05) is 35.9 Å². The smallest absolute Gasteiger partial charge is 0.169 e. The zero-order valence-electron chi connectivity index (χ0n) is 21.4. The Morgan fingerprint density at radius 1 is 1.18 bits per heavy atom. The van der Waals surface area contributed by atoms with E-state index in [0.717, 1.165) is 42.5 Å². The van der Waals surface area contributed by atoms with Gasteiger partial charge in [-0.25, -0.2) is 0 Å². The summed E-state index contributed by atoms with van der Waals surface area (Å²) in [6.45, 7) is 12.5. The van der Waals surface area contributed by atoms with E-state index in [1.807, 2.05) is 19.9 Å². The van der Waals surface area contributed by atoms with E-state index in [9.17, 15) is 0 Å². The van der Waals surface area contributed by atoms with Crippen LogP contribution < -0.4 is 10.6 Å². The van der Waals surface area contributed by atoms with Gasteiger partial charge in [-0.3, -0.25) is 0 Å². The fourth-order valence-corrected chi connectivity index (χ4v) is 5.25. The first-order valence-corrected chi connectivity index (χ1v) is 13.7. The van der Waals surface area contributed by atoms with Gasteiger partial charge in [-0.1, -0.05) is 83.3 Å². The molecule has 3 nitrogen and oxygen atoms in total. The van der Waals surface area contributed by atoms with Crippen molar-refractivity contribution in [1.82, 2.24) is 15.5 Å². The maximum Gasteiger partial charge on any atom is 0.169 e. The highest BCUT2D eigenvalue weighted by Crippen LogP contribution is 2.43. The molecule has 5 heteroatoms. The summed E-state index contributed by atoms with van der Waals surface area (Å²) in [6.07, 6.45) is 11.7. The number of hydrogen-bond donors (Lipinski definition) is 2. The van der Waals surface area contributed by atoms with Crippen LogP contribution in [0.2, 0.25) is 0 Å². The van der Waals surface area contributed by atoms with E-state index in [0.29, 0.717) is 5.92 Å². The molecule has 0 aromatic heterocycles. The van der Waals surface area contributed by atoms with Crippen LogP contribution in [0.25, 0.3) is 0 Å². The Morgan fingerprint density at radius 2 is 1.91 bits per heavy atom. The number of allylic oxidation sites excluding steroid dienone is 5. The Bertz CT molecular complexity index is 985. The van der Waals surface area contributed by atoms with Crippen molar-refractivity contribution in [2.24, 2.45) is 0 Å². The first kappa shape index (κ1) is 26.6. The highest BCUT2D eigenvalue weighted by Gasteiger charge is 2.36. The van der Waals surface area contributed by atoms with E-state index in [1.54, 1.807) is 0 Å². The van der Waals surface area contributed by atoms with Crippen LogP contribution in [0.4, 0.5) is 0 Å². The van der Waals surface area contributed by atoms with Gasteiger partial charge < -0.3 is 15.5 Å². The molecule has 4 rings (SSSR count). The molecular weight excluding hydrogens is 458 g/mol. The number of thiocarbonyl (C=S) groups is 1. The average molecular weight is 498 g/mol. The molecule has 2 bridgehead atoms. The molecule has 2 heterocycles. The number of rotatable bonds is 6. The summed E-state index contributed by atoms with van der Waals surface area (Å²) in [5.41, 5.74) is 7.78. The third kappa shape index (κ3) is 6.14. The molecule has 1 unspecified atom stereocenters. The van der Waals surface area contributed by atoms with Crippen LogP contribution in [0, 0.1) is 0 Å². The molecule has 0 fully saturated rings. The first-order valence-electron chi connectivity index (χ1n) is 12.9. The van der Waals surface area contributed by atoms with Crippen LogP contribution in [0.3, 0.4) is 0 Å². The summed E-state index contributed by atoms with van der Waals surface area (Å²) in [4.78, 5) is 2.37. The second-order valence-electron chi connectivity index (χ2n) is 9.21.